The third kappa shape index (κ3) is 3.91. The molecule has 0 spiro atoms. The number of nitrogens with one attached hydrogen (secondary N) is 3. The van der Waals surface area contributed by atoms with E-state index in [0.29, 0.717) is 11.4 Å². The monoisotopic (exact) mass is 441 g/mol. The zero-order chi connectivity index (χ0) is 21.9. The van der Waals surface area contributed by atoms with Gasteiger partial charge in [-0.25, -0.2) is 4.68 Å². The van der Waals surface area contributed by atoms with Gasteiger partial charge in [0.2, 0.25) is 5.91 Å². The summed E-state index contributed by atoms with van der Waals surface area (Å²) in [7, 11) is 0. The van der Waals surface area contributed by atoms with E-state index in [1.165, 1.54) is 0 Å². The molecule has 5 aromatic rings. The second-order valence-corrected chi connectivity index (χ2v) is 8.13. The highest BCUT2D eigenvalue weighted by atomic mass is 32.1. The molecule has 0 aliphatic carbocycles. The van der Waals surface area contributed by atoms with E-state index < -0.39 is 5.91 Å². The minimum absolute atomic E-state index is 0.142. The quantitative estimate of drug-likeness (QED) is 0.359. The van der Waals surface area contributed by atoms with E-state index in [2.05, 4.69) is 20.9 Å². The number of amides is 2. The number of hydrogen-bond donors (Lipinski definition) is 3. The molecule has 2 amide bonds. The highest BCUT2D eigenvalue weighted by Gasteiger charge is 2.19. The van der Waals surface area contributed by atoms with Crippen molar-refractivity contribution in [3.8, 4) is 16.3 Å². The molecule has 3 aromatic heterocycles. The van der Waals surface area contributed by atoms with Crippen molar-refractivity contribution < 1.29 is 9.59 Å². The van der Waals surface area contributed by atoms with Crippen molar-refractivity contribution in [1.82, 2.24) is 25.6 Å². The number of fused-ring (bicyclic) bond motifs is 1. The Hall–Kier alpha value is -4.17. The van der Waals surface area contributed by atoms with Gasteiger partial charge in [0.05, 0.1) is 17.0 Å². The van der Waals surface area contributed by atoms with Crippen molar-refractivity contribution in [2.24, 2.45) is 0 Å². The SMILES string of the molecule is O=C(Cc1c[nH]c2ccccc12)NNC(=O)c1cc(-c2cccs2)nn1-c1ccccc1. The molecular weight excluding hydrogens is 422 g/mol. The first-order chi connectivity index (χ1) is 15.7. The number of rotatable bonds is 5. The van der Waals surface area contributed by atoms with Crippen LogP contribution in [0.25, 0.3) is 27.2 Å². The highest BCUT2D eigenvalue weighted by molar-refractivity contribution is 7.13. The van der Waals surface area contributed by atoms with E-state index in [9.17, 15) is 9.59 Å². The van der Waals surface area contributed by atoms with E-state index >= 15 is 0 Å². The maximum absolute atomic E-state index is 13.0. The topological polar surface area (TPSA) is 91.8 Å². The summed E-state index contributed by atoms with van der Waals surface area (Å²) in [5, 5.41) is 7.56. The van der Waals surface area contributed by atoms with Gasteiger partial charge in [-0.05, 0) is 41.3 Å². The van der Waals surface area contributed by atoms with Gasteiger partial charge in [0.1, 0.15) is 11.4 Å². The molecule has 0 radical (unpaired) electrons. The van der Waals surface area contributed by atoms with E-state index in [1.54, 1.807) is 22.1 Å². The molecule has 0 atom stereocenters. The van der Waals surface area contributed by atoms with Crippen LogP contribution in [0.3, 0.4) is 0 Å². The number of hydrazine groups is 1. The van der Waals surface area contributed by atoms with E-state index in [-0.39, 0.29) is 12.3 Å². The average Bonchev–Trinajstić information content (AvgIpc) is 3.58. The Morgan fingerprint density at radius 1 is 0.969 bits per heavy atom. The fourth-order valence-corrected chi connectivity index (χ4v) is 4.22. The van der Waals surface area contributed by atoms with Crippen LogP contribution in [0.4, 0.5) is 0 Å². The predicted molar refractivity (Wildman–Crippen MR) is 124 cm³/mol. The summed E-state index contributed by atoms with van der Waals surface area (Å²) < 4.78 is 1.58. The third-order valence-corrected chi connectivity index (χ3v) is 5.95. The summed E-state index contributed by atoms with van der Waals surface area (Å²) in [4.78, 5) is 29.5. The van der Waals surface area contributed by atoms with Gasteiger partial charge in [0.15, 0.2) is 0 Å². The fraction of sp³-hybridized carbons (Fsp3) is 0.0417. The van der Waals surface area contributed by atoms with E-state index in [4.69, 9.17) is 0 Å². The van der Waals surface area contributed by atoms with Gasteiger partial charge >= 0.3 is 0 Å². The van der Waals surface area contributed by atoms with Crippen LogP contribution in [-0.2, 0) is 11.2 Å². The van der Waals surface area contributed by atoms with Crippen LogP contribution >= 0.6 is 11.3 Å². The lowest BCUT2D eigenvalue weighted by atomic mass is 10.1. The molecular formula is C24H19N5O2S. The van der Waals surface area contributed by atoms with Crippen LogP contribution in [0.2, 0.25) is 0 Å². The largest absolute Gasteiger partial charge is 0.361 e. The molecule has 0 bridgehead atoms. The van der Waals surface area contributed by atoms with Gasteiger partial charge in [-0.1, -0.05) is 42.5 Å². The van der Waals surface area contributed by atoms with E-state index in [0.717, 1.165) is 27.0 Å². The van der Waals surface area contributed by atoms with Crippen LogP contribution in [0, 0.1) is 0 Å². The Morgan fingerprint density at radius 3 is 2.59 bits per heavy atom. The average molecular weight is 442 g/mol. The molecule has 2 aromatic carbocycles. The van der Waals surface area contributed by atoms with Gasteiger partial charge in [0.25, 0.3) is 5.91 Å². The van der Waals surface area contributed by atoms with Crippen molar-refractivity contribution in [2.45, 2.75) is 6.42 Å². The van der Waals surface area contributed by atoms with Gasteiger partial charge in [-0.2, -0.15) is 5.10 Å². The normalized spacial score (nSPS) is 10.9. The maximum atomic E-state index is 13.0. The summed E-state index contributed by atoms with van der Waals surface area (Å²) in [6.07, 6.45) is 1.95. The molecule has 7 nitrogen and oxygen atoms in total. The lowest BCUT2D eigenvalue weighted by Gasteiger charge is -2.09. The first kappa shape index (κ1) is 19.8. The minimum atomic E-state index is -0.448. The number of carbonyl (C=O) groups excluding carboxylic acids is 2. The molecule has 0 fully saturated rings. The Kier molecular flexibility index (Phi) is 5.27. The minimum Gasteiger partial charge on any atom is -0.361 e. The Balaban J connectivity index is 1.34. The van der Waals surface area contributed by atoms with Gasteiger partial charge in [-0.15, -0.1) is 11.3 Å². The highest BCUT2D eigenvalue weighted by Crippen LogP contribution is 2.25. The Labute approximate surface area is 187 Å². The van der Waals surface area contributed by atoms with Crippen molar-refractivity contribution >= 4 is 34.1 Å². The molecule has 0 unspecified atom stereocenters. The fourth-order valence-electron chi connectivity index (χ4n) is 3.54. The van der Waals surface area contributed by atoms with Crippen molar-refractivity contribution in [2.75, 3.05) is 0 Å². The summed E-state index contributed by atoms with van der Waals surface area (Å²) in [6, 6.07) is 22.8. The summed E-state index contributed by atoms with van der Waals surface area (Å²) in [6.45, 7) is 0. The number of nitrogens with zero attached hydrogens (tertiary/aromatic N) is 2. The third-order valence-electron chi connectivity index (χ3n) is 5.06. The maximum Gasteiger partial charge on any atom is 0.288 e. The molecule has 0 saturated carbocycles. The predicted octanol–water partition coefficient (Wildman–Crippen LogP) is 4.09. The molecule has 0 aliphatic heterocycles. The smallest absolute Gasteiger partial charge is 0.288 e. The van der Waals surface area contributed by atoms with Gasteiger partial charge in [-0.3, -0.25) is 20.4 Å². The molecule has 32 heavy (non-hydrogen) atoms. The number of benzene rings is 2. The zero-order valence-electron chi connectivity index (χ0n) is 16.9. The Bertz CT molecular complexity index is 1390. The number of H-pyrrole nitrogens is 1. The summed E-state index contributed by atoms with van der Waals surface area (Å²) in [5.74, 6) is -0.760. The number of aromatic nitrogens is 3. The molecule has 3 N–H and O–H groups in total. The standard InChI is InChI=1S/C24H19N5O2S/c30-23(13-16-15-25-19-10-5-4-9-18(16)19)26-27-24(31)21-14-20(22-11-6-12-32-22)28-29(21)17-7-2-1-3-8-17/h1-12,14-15,25H,13H2,(H,26,30)(H,27,31). The number of hydrogen-bond acceptors (Lipinski definition) is 4. The second kappa shape index (κ2) is 8.52. The van der Waals surface area contributed by atoms with Crippen LogP contribution in [0.1, 0.15) is 16.1 Å². The number of carbonyl (C=O) groups is 2. The molecule has 0 saturated heterocycles. The summed E-state index contributed by atoms with van der Waals surface area (Å²) in [5.41, 5.74) is 8.64. The summed E-state index contributed by atoms with van der Waals surface area (Å²) >= 11 is 1.55. The first-order valence-corrected chi connectivity index (χ1v) is 10.9. The number of para-hydroxylation sites is 2. The number of thiophene rings is 1. The van der Waals surface area contributed by atoms with Gasteiger partial charge < -0.3 is 4.98 Å². The van der Waals surface area contributed by atoms with Crippen LogP contribution < -0.4 is 10.9 Å². The lowest BCUT2D eigenvalue weighted by molar-refractivity contribution is -0.121. The van der Waals surface area contributed by atoms with Crippen molar-refractivity contribution in [1.29, 1.82) is 0 Å². The zero-order valence-corrected chi connectivity index (χ0v) is 17.7. The van der Waals surface area contributed by atoms with Gasteiger partial charge in [0, 0.05) is 17.1 Å². The van der Waals surface area contributed by atoms with Crippen molar-refractivity contribution in [3.63, 3.8) is 0 Å². The van der Waals surface area contributed by atoms with E-state index in [1.807, 2.05) is 78.3 Å². The molecule has 158 valence electrons. The molecule has 3 heterocycles. The molecule has 0 aliphatic rings. The molecule has 5 rings (SSSR count). The van der Waals surface area contributed by atoms with Crippen LogP contribution in [-0.4, -0.2) is 26.6 Å². The lowest BCUT2D eigenvalue weighted by Crippen LogP contribution is -2.43. The number of aromatic amines is 1. The van der Waals surface area contributed by atoms with Crippen LogP contribution in [0.15, 0.2) is 84.4 Å². The van der Waals surface area contributed by atoms with Crippen molar-refractivity contribution in [3.05, 3.63) is 95.6 Å². The molecule has 8 heteroatoms. The Morgan fingerprint density at radius 2 is 1.78 bits per heavy atom. The second-order valence-electron chi connectivity index (χ2n) is 7.18. The van der Waals surface area contributed by atoms with Crippen LogP contribution in [0.5, 0.6) is 0 Å². The first-order valence-electron chi connectivity index (χ1n) is 10.0.